The molecule has 7 heteroatoms. The maximum absolute atomic E-state index is 12.3. The number of benzene rings is 1. The normalized spacial score (nSPS) is 13.1. The largest absolute Gasteiger partial charge is 0.319 e. The molecule has 0 radical (unpaired) electrons. The molecule has 0 aliphatic heterocycles. The van der Waals surface area contributed by atoms with Gasteiger partial charge in [0, 0.05) is 0 Å². The van der Waals surface area contributed by atoms with Gasteiger partial charge in [-0.15, -0.1) is 11.3 Å². The molecule has 0 spiro atoms. The summed E-state index contributed by atoms with van der Waals surface area (Å²) in [4.78, 5) is 20.8. The third-order valence-electron chi connectivity index (χ3n) is 4.17. The maximum Gasteiger partial charge on any atom is 0.275 e. The Balaban J connectivity index is 1.87. The van der Waals surface area contributed by atoms with Gasteiger partial charge in [0.05, 0.1) is 33.8 Å². The van der Waals surface area contributed by atoms with Crippen LogP contribution >= 0.6 is 19.5 Å². The molecule has 1 aromatic carbocycles. The van der Waals surface area contributed by atoms with Crippen LogP contribution in [0, 0.1) is 5.92 Å². The Morgan fingerprint density at radius 1 is 1.28 bits per heavy atom. The van der Waals surface area contributed by atoms with E-state index in [4.69, 9.17) is 0 Å². The summed E-state index contributed by atoms with van der Waals surface area (Å²) in [7, 11) is 1.10. The Morgan fingerprint density at radius 2 is 2.16 bits per heavy atom. The number of hydrogen-bond acceptors (Lipinski definition) is 4. The number of hydrogen-bond donors (Lipinski definition) is 1. The Kier molecular flexibility index (Phi) is 4.24. The number of thiophene rings is 1. The topological polar surface area (TPSA) is 63.6 Å². The summed E-state index contributed by atoms with van der Waals surface area (Å²) >= 11 is 1.52. The maximum atomic E-state index is 12.3. The molecule has 5 nitrogen and oxygen atoms in total. The van der Waals surface area contributed by atoms with Crippen LogP contribution in [-0.2, 0) is 0 Å². The van der Waals surface area contributed by atoms with Gasteiger partial charge in [0.1, 0.15) is 5.69 Å². The zero-order valence-electron chi connectivity index (χ0n) is 13.9. The minimum atomic E-state index is -0.153. The third kappa shape index (κ3) is 3.03. The molecular formula is C18H17N4OPS. The molecule has 0 fully saturated rings. The van der Waals surface area contributed by atoms with Crippen molar-refractivity contribution in [3.05, 3.63) is 63.5 Å². The van der Waals surface area contributed by atoms with Gasteiger partial charge in [0.25, 0.3) is 5.56 Å². The second kappa shape index (κ2) is 6.54. The fraction of sp³-hybridized carbons (Fsp3) is 0.222. The average molecular weight is 368 g/mol. The van der Waals surface area contributed by atoms with E-state index in [1.807, 2.05) is 40.3 Å². The quantitative estimate of drug-likeness (QED) is 0.569. The monoisotopic (exact) mass is 368 g/mol. The van der Waals surface area contributed by atoms with Crippen molar-refractivity contribution in [2.45, 2.75) is 19.9 Å². The van der Waals surface area contributed by atoms with Crippen molar-refractivity contribution in [3.63, 3.8) is 0 Å². The van der Waals surface area contributed by atoms with Crippen molar-refractivity contribution < 1.29 is 0 Å². The van der Waals surface area contributed by atoms with Gasteiger partial charge in [0.15, 0.2) is 0 Å². The highest BCUT2D eigenvalue weighted by atomic mass is 32.1. The summed E-state index contributed by atoms with van der Waals surface area (Å²) < 4.78 is 2.01. The van der Waals surface area contributed by atoms with Gasteiger partial charge in [0.2, 0.25) is 0 Å². The van der Waals surface area contributed by atoms with Crippen LogP contribution in [0.15, 0.2) is 52.4 Å². The lowest BCUT2D eigenvalue weighted by molar-refractivity contribution is 0.403. The molecule has 0 aliphatic rings. The summed E-state index contributed by atoms with van der Waals surface area (Å²) in [5.41, 5.74) is 3.02. The van der Waals surface area contributed by atoms with E-state index < -0.39 is 0 Å². The van der Waals surface area contributed by atoms with Gasteiger partial charge >= 0.3 is 0 Å². The second-order valence-corrected chi connectivity index (χ2v) is 7.94. The number of rotatable bonds is 4. The smallest absolute Gasteiger partial charge is 0.275 e. The molecule has 3 heterocycles. The second-order valence-electron chi connectivity index (χ2n) is 6.23. The Labute approximate surface area is 150 Å². The summed E-state index contributed by atoms with van der Waals surface area (Å²) in [5.74, 6) is 4.35. The summed E-state index contributed by atoms with van der Waals surface area (Å²) in [5, 5.41) is 6.40. The van der Waals surface area contributed by atoms with Crippen molar-refractivity contribution in [1.82, 2.24) is 19.7 Å². The van der Waals surface area contributed by atoms with Crippen molar-refractivity contribution in [1.29, 1.82) is 0 Å². The molecule has 0 saturated carbocycles. The van der Waals surface area contributed by atoms with Gasteiger partial charge in [-0.2, -0.15) is 5.10 Å². The highest BCUT2D eigenvalue weighted by Gasteiger charge is 2.19. The lowest BCUT2D eigenvalue weighted by Gasteiger charge is -2.22. The van der Waals surface area contributed by atoms with Crippen molar-refractivity contribution in [3.8, 4) is 10.6 Å². The predicted molar refractivity (Wildman–Crippen MR) is 103 cm³/mol. The van der Waals surface area contributed by atoms with Gasteiger partial charge in [-0.1, -0.05) is 26.0 Å². The van der Waals surface area contributed by atoms with E-state index in [9.17, 15) is 4.79 Å². The van der Waals surface area contributed by atoms with Gasteiger partial charge in [-0.3, -0.25) is 9.48 Å². The van der Waals surface area contributed by atoms with Gasteiger partial charge in [-0.25, -0.2) is 4.98 Å². The molecule has 126 valence electrons. The van der Waals surface area contributed by atoms with Crippen LogP contribution in [0.5, 0.6) is 0 Å². The lowest BCUT2D eigenvalue weighted by Crippen LogP contribution is -2.17. The van der Waals surface area contributed by atoms with Gasteiger partial charge in [-0.05, 0) is 43.3 Å². The zero-order valence-corrected chi connectivity index (χ0v) is 15.6. The third-order valence-corrected chi connectivity index (χ3v) is 5.65. The van der Waals surface area contributed by atoms with E-state index in [1.165, 1.54) is 11.3 Å². The molecule has 4 rings (SSSR count). The van der Waals surface area contributed by atoms with E-state index in [0.717, 1.165) is 29.7 Å². The molecule has 0 saturated heterocycles. The SMILES string of the molecule is CC(C)C(c1ccc2[nH]c(=O)c(-c3cccs3)nc2c1)n1cpcn1. The molecule has 0 aliphatic carbocycles. The molecule has 1 atom stereocenters. The summed E-state index contributed by atoms with van der Waals surface area (Å²) in [6.07, 6.45) is 0. The molecule has 0 amide bonds. The summed E-state index contributed by atoms with van der Waals surface area (Å²) in [6.45, 7) is 4.37. The van der Waals surface area contributed by atoms with Crippen LogP contribution in [0.25, 0.3) is 21.6 Å². The number of aromatic nitrogens is 4. The predicted octanol–water partition coefficient (Wildman–Crippen LogP) is 4.67. The van der Waals surface area contributed by atoms with E-state index >= 15 is 0 Å². The van der Waals surface area contributed by atoms with Crippen LogP contribution < -0.4 is 5.56 Å². The van der Waals surface area contributed by atoms with E-state index in [1.54, 1.807) is 0 Å². The zero-order chi connectivity index (χ0) is 17.4. The van der Waals surface area contributed by atoms with Gasteiger partial charge < -0.3 is 4.98 Å². The highest BCUT2D eigenvalue weighted by Crippen LogP contribution is 2.29. The summed E-state index contributed by atoms with van der Waals surface area (Å²) in [6, 6.07) is 10.0. The van der Waals surface area contributed by atoms with Crippen molar-refractivity contribution in [2.75, 3.05) is 0 Å². The number of H-pyrrole nitrogens is 1. The number of nitrogens with one attached hydrogen (secondary N) is 1. The average Bonchev–Trinajstić information content (AvgIpc) is 3.28. The van der Waals surface area contributed by atoms with Crippen LogP contribution in [0.2, 0.25) is 0 Å². The molecule has 4 aromatic rings. The first kappa shape index (κ1) is 16.2. The number of fused-ring (bicyclic) bond motifs is 1. The minimum Gasteiger partial charge on any atom is -0.319 e. The number of nitrogens with zero attached hydrogens (tertiary/aromatic N) is 3. The van der Waals surface area contributed by atoms with Crippen LogP contribution in [0.3, 0.4) is 0 Å². The van der Waals surface area contributed by atoms with Crippen LogP contribution in [0.1, 0.15) is 25.5 Å². The van der Waals surface area contributed by atoms with Crippen LogP contribution in [-0.4, -0.2) is 19.7 Å². The standard InChI is InChI=1S/C18H17N4OPS/c1-11(2)17(22-10-24-9-19-22)12-5-6-13-14(8-12)20-16(18(23)21-13)15-4-3-7-25-15/h3-11,17H,1-2H3,(H,21,23). The van der Waals surface area contributed by atoms with Crippen LogP contribution in [0.4, 0.5) is 0 Å². The van der Waals surface area contributed by atoms with Crippen molar-refractivity contribution >= 4 is 30.6 Å². The fourth-order valence-corrected chi connectivity index (χ4v) is 4.36. The first-order valence-corrected chi connectivity index (χ1v) is 9.96. The Morgan fingerprint density at radius 3 is 2.84 bits per heavy atom. The minimum absolute atomic E-state index is 0.148. The first-order valence-electron chi connectivity index (χ1n) is 8.05. The lowest BCUT2D eigenvalue weighted by atomic mass is 9.96. The molecule has 25 heavy (non-hydrogen) atoms. The Hall–Kier alpha value is -2.30. The van der Waals surface area contributed by atoms with E-state index in [0.29, 0.717) is 11.6 Å². The van der Waals surface area contributed by atoms with Crippen molar-refractivity contribution in [2.24, 2.45) is 5.92 Å². The molecule has 1 N–H and O–H groups in total. The highest BCUT2D eigenvalue weighted by molar-refractivity contribution is 7.27. The van der Waals surface area contributed by atoms with E-state index in [-0.39, 0.29) is 11.6 Å². The Bertz CT molecular complexity index is 1050. The molecule has 1 unspecified atom stereocenters. The first-order chi connectivity index (χ1) is 12.1. The molecule has 0 bridgehead atoms. The fourth-order valence-electron chi connectivity index (χ4n) is 3.07. The van der Waals surface area contributed by atoms with E-state index in [2.05, 4.69) is 40.9 Å². The molecule has 3 aromatic heterocycles. The number of aromatic amines is 1. The molecular weight excluding hydrogens is 351 g/mol.